The second-order valence-corrected chi connectivity index (χ2v) is 2.68. The molecule has 0 saturated heterocycles. The van der Waals surface area contributed by atoms with Crippen LogP contribution in [0.1, 0.15) is 20.8 Å². The van der Waals surface area contributed by atoms with Crippen molar-refractivity contribution >= 4 is 11.9 Å². The molecule has 82 valence electrons. The number of esters is 2. The number of ether oxygens (including phenoxy) is 3. The minimum absolute atomic E-state index is 0.192. The van der Waals surface area contributed by atoms with Crippen LogP contribution in [0.5, 0.6) is 0 Å². The molecule has 0 aromatic heterocycles. The first-order chi connectivity index (χ1) is 6.52. The molecule has 0 aliphatic heterocycles. The Morgan fingerprint density at radius 1 is 1.07 bits per heavy atom. The van der Waals surface area contributed by atoms with Crippen LogP contribution in [0, 0.1) is 0 Å². The lowest BCUT2D eigenvalue weighted by atomic mass is 10.1. The van der Waals surface area contributed by atoms with Crippen molar-refractivity contribution in [3.05, 3.63) is 0 Å². The zero-order valence-electron chi connectivity index (χ0n) is 8.96. The monoisotopic (exact) mass is 204 g/mol. The highest BCUT2D eigenvalue weighted by atomic mass is 16.6. The van der Waals surface area contributed by atoms with Crippen molar-refractivity contribution in [3.63, 3.8) is 0 Å². The second kappa shape index (κ2) is 5.59. The normalized spacial score (nSPS) is 10.9. The third kappa shape index (κ3) is 2.70. The SMILES string of the molecule is CCOC(=O)C(C)(OC)C(=O)OCC. The molecular formula is C9H16O5. The lowest BCUT2D eigenvalue weighted by molar-refractivity contribution is -0.184. The van der Waals surface area contributed by atoms with Crippen LogP contribution in [0.2, 0.25) is 0 Å². The summed E-state index contributed by atoms with van der Waals surface area (Å²) in [5.74, 6) is -1.47. The smallest absolute Gasteiger partial charge is 0.349 e. The maximum absolute atomic E-state index is 11.4. The van der Waals surface area contributed by atoms with Gasteiger partial charge in [-0.1, -0.05) is 0 Å². The molecule has 0 spiro atoms. The Morgan fingerprint density at radius 3 is 1.64 bits per heavy atom. The van der Waals surface area contributed by atoms with Crippen molar-refractivity contribution in [1.29, 1.82) is 0 Å². The Kier molecular flexibility index (Phi) is 5.15. The van der Waals surface area contributed by atoms with Gasteiger partial charge in [-0.25, -0.2) is 9.59 Å². The molecule has 0 unspecified atom stereocenters. The van der Waals surface area contributed by atoms with Crippen molar-refractivity contribution in [2.45, 2.75) is 26.4 Å². The van der Waals surface area contributed by atoms with Gasteiger partial charge in [0.05, 0.1) is 13.2 Å². The van der Waals surface area contributed by atoms with Gasteiger partial charge in [-0.3, -0.25) is 0 Å². The summed E-state index contributed by atoms with van der Waals surface area (Å²) in [6.45, 7) is 5.01. The van der Waals surface area contributed by atoms with E-state index in [1.807, 2.05) is 0 Å². The topological polar surface area (TPSA) is 61.8 Å². The zero-order chi connectivity index (χ0) is 11.2. The van der Waals surface area contributed by atoms with E-state index < -0.39 is 17.5 Å². The number of methoxy groups -OCH3 is 1. The molecule has 0 aliphatic carbocycles. The molecule has 0 saturated carbocycles. The van der Waals surface area contributed by atoms with Crippen molar-refractivity contribution < 1.29 is 23.8 Å². The quantitative estimate of drug-likeness (QED) is 0.482. The Labute approximate surface area is 83.3 Å². The average Bonchev–Trinajstić information content (AvgIpc) is 2.17. The molecule has 0 amide bonds. The van der Waals surface area contributed by atoms with Gasteiger partial charge in [-0.2, -0.15) is 0 Å². The molecule has 5 heteroatoms. The van der Waals surface area contributed by atoms with Gasteiger partial charge in [0.2, 0.25) is 0 Å². The third-order valence-corrected chi connectivity index (χ3v) is 1.74. The van der Waals surface area contributed by atoms with Gasteiger partial charge >= 0.3 is 11.9 Å². The van der Waals surface area contributed by atoms with E-state index in [1.165, 1.54) is 14.0 Å². The molecule has 0 aromatic carbocycles. The molecule has 5 nitrogen and oxygen atoms in total. The minimum Gasteiger partial charge on any atom is -0.463 e. The Morgan fingerprint density at radius 2 is 1.43 bits per heavy atom. The number of carbonyl (C=O) groups excluding carboxylic acids is 2. The van der Waals surface area contributed by atoms with Crippen molar-refractivity contribution in [2.24, 2.45) is 0 Å². The predicted molar refractivity (Wildman–Crippen MR) is 48.7 cm³/mol. The van der Waals surface area contributed by atoms with E-state index in [9.17, 15) is 9.59 Å². The second-order valence-electron chi connectivity index (χ2n) is 2.68. The maximum Gasteiger partial charge on any atom is 0.349 e. The van der Waals surface area contributed by atoms with Crippen molar-refractivity contribution in [3.8, 4) is 0 Å². The Balaban J connectivity index is 4.60. The Hall–Kier alpha value is -1.10. The summed E-state index contributed by atoms with van der Waals surface area (Å²) in [4.78, 5) is 22.7. The van der Waals surface area contributed by atoms with E-state index >= 15 is 0 Å². The largest absolute Gasteiger partial charge is 0.463 e. The van der Waals surface area contributed by atoms with E-state index in [-0.39, 0.29) is 13.2 Å². The van der Waals surface area contributed by atoms with Crippen LogP contribution >= 0.6 is 0 Å². The highest BCUT2D eigenvalue weighted by molar-refractivity contribution is 6.03. The van der Waals surface area contributed by atoms with Crippen LogP contribution in [0.4, 0.5) is 0 Å². The fourth-order valence-corrected chi connectivity index (χ4v) is 0.788. The highest BCUT2D eigenvalue weighted by Gasteiger charge is 2.44. The summed E-state index contributed by atoms with van der Waals surface area (Å²) in [7, 11) is 1.26. The molecule has 14 heavy (non-hydrogen) atoms. The van der Waals surface area contributed by atoms with E-state index in [0.29, 0.717) is 0 Å². The first-order valence-corrected chi connectivity index (χ1v) is 4.42. The molecular weight excluding hydrogens is 188 g/mol. The number of hydrogen-bond acceptors (Lipinski definition) is 5. The number of rotatable bonds is 5. The van der Waals surface area contributed by atoms with Gasteiger partial charge in [0.1, 0.15) is 0 Å². The fourth-order valence-electron chi connectivity index (χ4n) is 0.788. The molecule has 0 fully saturated rings. The van der Waals surface area contributed by atoms with Gasteiger partial charge in [-0.05, 0) is 20.8 Å². The van der Waals surface area contributed by atoms with Crippen molar-refractivity contribution in [2.75, 3.05) is 20.3 Å². The summed E-state index contributed by atoms with van der Waals surface area (Å²) in [5.41, 5.74) is -1.66. The van der Waals surface area contributed by atoms with E-state index in [4.69, 9.17) is 14.2 Å². The summed E-state index contributed by atoms with van der Waals surface area (Å²) in [5, 5.41) is 0. The van der Waals surface area contributed by atoms with Crippen LogP contribution in [-0.4, -0.2) is 37.9 Å². The van der Waals surface area contributed by atoms with Crippen LogP contribution in [0.25, 0.3) is 0 Å². The summed E-state index contributed by atoms with van der Waals surface area (Å²) in [6, 6.07) is 0. The maximum atomic E-state index is 11.4. The minimum atomic E-state index is -1.66. The lowest BCUT2D eigenvalue weighted by Gasteiger charge is -2.22. The summed E-state index contributed by atoms with van der Waals surface area (Å²) in [6.07, 6.45) is 0. The van der Waals surface area contributed by atoms with Gasteiger partial charge in [0.15, 0.2) is 0 Å². The molecule has 0 bridgehead atoms. The van der Waals surface area contributed by atoms with E-state index in [2.05, 4.69) is 0 Å². The molecule has 0 aromatic rings. The Bertz CT molecular complexity index is 193. The molecule has 0 N–H and O–H groups in total. The van der Waals surface area contributed by atoms with Gasteiger partial charge in [0.25, 0.3) is 5.60 Å². The lowest BCUT2D eigenvalue weighted by Crippen LogP contribution is -2.47. The first-order valence-electron chi connectivity index (χ1n) is 4.42. The van der Waals surface area contributed by atoms with Gasteiger partial charge in [-0.15, -0.1) is 0 Å². The van der Waals surface area contributed by atoms with Crippen LogP contribution in [0.15, 0.2) is 0 Å². The average molecular weight is 204 g/mol. The van der Waals surface area contributed by atoms with Gasteiger partial charge in [0, 0.05) is 7.11 Å². The standard InChI is InChI=1S/C9H16O5/c1-5-13-7(10)9(3,12-4)8(11)14-6-2/h5-6H2,1-4H3. The highest BCUT2D eigenvalue weighted by Crippen LogP contribution is 2.14. The van der Waals surface area contributed by atoms with Crippen LogP contribution < -0.4 is 0 Å². The first kappa shape index (κ1) is 12.9. The van der Waals surface area contributed by atoms with Crippen molar-refractivity contribution in [1.82, 2.24) is 0 Å². The number of hydrogen-bond donors (Lipinski definition) is 0. The molecule has 0 atom stereocenters. The van der Waals surface area contributed by atoms with Crippen LogP contribution in [-0.2, 0) is 23.8 Å². The zero-order valence-corrected chi connectivity index (χ0v) is 8.96. The van der Waals surface area contributed by atoms with E-state index in [0.717, 1.165) is 0 Å². The predicted octanol–water partition coefficient (Wildman–Crippen LogP) is 0.518. The fraction of sp³-hybridized carbons (Fsp3) is 0.778. The summed E-state index contributed by atoms with van der Waals surface area (Å²) >= 11 is 0. The van der Waals surface area contributed by atoms with E-state index in [1.54, 1.807) is 13.8 Å². The summed E-state index contributed by atoms with van der Waals surface area (Å²) < 4.78 is 14.2. The molecule has 0 rings (SSSR count). The third-order valence-electron chi connectivity index (χ3n) is 1.74. The number of carbonyl (C=O) groups is 2. The molecule has 0 radical (unpaired) electrons. The van der Waals surface area contributed by atoms with Crippen LogP contribution in [0.3, 0.4) is 0 Å². The molecule has 0 aliphatic rings. The van der Waals surface area contributed by atoms with Gasteiger partial charge < -0.3 is 14.2 Å². The molecule has 0 heterocycles.